The summed E-state index contributed by atoms with van der Waals surface area (Å²) in [7, 11) is 0. The Bertz CT molecular complexity index is 1140. The van der Waals surface area contributed by atoms with Gasteiger partial charge in [-0.25, -0.2) is 19.2 Å². The number of carbonyl (C=O) groups excluding carboxylic acids is 1. The number of hydrogen-bond acceptors (Lipinski definition) is 4. The van der Waals surface area contributed by atoms with Gasteiger partial charge in [0.1, 0.15) is 17.5 Å². The minimum Gasteiger partial charge on any atom is -0.354 e. The fourth-order valence-electron chi connectivity index (χ4n) is 4.08. The molecule has 172 valence electrons. The summed E-state index contributed by atoms with van der Waals surface area (Å²) in [6, 6.07) is 13.7. The van der Waals surface area contributed by atoms with Crippen molar-refractivity contribution in [1.82, 2.24) is 14.9 Å². The molecule has 6 nitrogen and oxygen atoms in total. The van der Waals surface area contributed by atoms with Crippen LogP contribution in [-0.2, 0) is 6.42 Å². The first kappa shape index (κ1) is 23.0. The van der Waals surface area contributed by atoms with Gasteiger partial charge in [0.2, 0.25) is 0 Å². The lowest BCUT2D eigenvalue weighted by atomic mass is 10.0. The maximum Gasteiger partial charge on any atom is 0.321 e. The third-order valence-electron chi connectivity index (χ3n) is 5.80. The standard InChI is InChI=1S/C25H27ClFN5O/c1-17-21(16-19-8-10-20(26)11-9-19)24(29-18(2)28-17)31-12-5-13-32(15-14-31)25(33)30-23-7-4-3-6-22(23)27/h3-4,6-11H,5,12-16H2,1-2H3,(H,30,33). The molecule has 2 amide bonds. The number of rotatable bonds is 4. The molecule has 2 aromatic carbocycles. The summed E-state index contributed by atoms with van der Waals surface area (Å²) in [5.74, 6) is 1.19. The fraction of sp³-hybridized carbons (Fsp3) is 0.320. The van der Waals surface area contributed by atoms with E-state index in [4.69, 9.17) is 16.6 Å². The van der Waals surface area contributed by atoms with Crippen LogP contribution >= 0.6 is 11.6 Å². The molecule has 1 aliphatic rings. The number of nitrogens with one attached hydrogen (secondary N) is 1. The van der Waals surface area contributed by atoms with E-state index in [2.05, 4.69) is 15.2 Å². The van der Waals surface area contributed by atoms with E-state index in [1.165, 1.54) is 6.07 Å². The Hall–Kier alpha value is -3.19. The van der Waals surface area contributed by atoms with Gasteiger partial charge in [-0.2, -0.15) is 0 Å². The third kappa shape index (κ3) is 5.60. The van der Waals surface area contributed by atoms with Gasteiger partial charge in [0.05, 0.1) is 5.69 Å². The summed E-state index contributed by atoms with van der Waals surface area (Å²) in [4.78, 5) is 26.1. The highest BCUT2D eigenvalue weighted by Gasteiger charge is 2.23. The molecule has 1 aromatic heterocycles. The number of anilines is 2. The molecular formula is C25H27ClFN5O. The number of benzene rings is 2. The first-order chi connectivity index (χ1) is 15.9. The van der Waals surface area contributed by atoms with Gasteiger partial charge in [0, 0.05) is 48.9 Å². The predicted octanol–water partition coefficient (Wildman–Crippen LogP) is 5.22. The van der Waals surface area contributed by atoms with E-state index >= 15 is 0 Å². The highest BCUT2D eigenvalue weighted by atomic mass is 35.5. The average molecular weight is 468 g/mol. The van der Waals surface area contributed by atoms with Crippen LogP contribution in [0.1, 0.15) is 29.1 Å². The second kappa shape index (κ2) is 10.2. The Labute approximate surface area is 198 Å². The normalized spacial score (nSPS) is 14.2. The van der Waals surface area contributed by atoms with Crippen LogP contribution < -0.4 is 10.2 Å². The average Bonchev–Trinajstić information content (AvgIpc) is 3.05. The van der Waals surface area contributed by atoms with Crippen LogP contribution in [0.4, 0.5) is 20.7 Å². The molecule has 1 saturated heterocycles. The number of para-hydroxylation sites is 1. The molecule has 0 atom stereocenters. The molecule has 3 aromatic rings. The lowest BCUT2D eigenvalue weighted by Gasteiger charge is -2.26. The molecular weight excluding hydrogens is 441 g/mol. The number of nitrogens with zero attached hydrogens (tertiary/aromatic N) is 4. The molecule has 1 fully saturated rings. The Morgan fingerprint density at radius 1 is 1.03 bits per heavy atom. The highest BCUT2D eigenvalue weighted by Crippen LogP contribution is 2.26. The van der Waals surface area contributed by atoms with Gasteiger partial charge in [-0.15, -0.1) is 0 Å². The molecule has 0 radical (unpaired) electrons. The fourth-order valence-corrected chi connectivity index (χ4v) is 4.21. The van der Waals surface area contributed by atoms with E-state index in [-0.39, 0.29) is 11.7 Å². The summed E-state index contributed by atoms with van der Waals surface area (Å²) in [6.07, 6.45) is 1.49. The minimum atomic E-state index is -0.443. The molecule has 1 N–H and O–H groups in total. The summed E-state index contributed by atoms with van der Waals surface area (Å²) < 4.78 is 13.9. The predicted molar refractivity (Wildman–Crippen MR) is 130 cm³/mol. The van der Waals surface area contributed by atoms with E-state index in [1.807, 2.05) is 38.1 Å². The van der Waals surface area contributed by atoms with Crippen molar-refractivity contribution < 1.29 is 9.18 Å². The van der Waals surface area contributed by atoms with E-state index in [1.54, 1.807) is 23.1 Å². The van der Waals surface area contributed by atoms with Gasteiger partial charge < -0.3 is 15.1 Å². The van der Waals surface area contributed by atoms with E-state index in [9.17, 15) is 9.18 Å². The lowest BCUT2D eigenvalue weighted by molar-refractivity contribution is 0.215. The molecule has 4 rings (SSSR count). The van der Waals surface area contributed by atoms with Crippen LogP contribution in [0.15, 0.2) is 48.5 Å². The van der Waals surface area contributed by atoms with Crippen molar-refractivity contribution in [3.8, 4) is 0 Å². The van der Waals surface area contributed by atoms with Crippen LogP contribution in [0.25, 0.3) is 0 Å². The van der Waals surface area contributed by atoms with Crippen molar-refractivity contribution in [1.29, 1.82) is 0 Å². The molecule has 8 heteroatoms. The number of aryl methyl sites for hydroxylation is 2. The quantitative estimate of drug-likeness (QED) is 0.571. The van der Waals surface area contributed by atoms with Gasteiger partial charge in [-0.1, -0.05) is 35.9 Å². The highest BCUT2D eigenvalue weighted by molar-refractivity contribution is 6.30. The molecule has 0 aliphatic carbocycles. The van der Waals surface area contributed by atoms with Crippen LogP contribution in [0.2, 0.25) is 5.02 Å². The first-order valence-electron chi connectivity index (χ1n) is 11.0. The number of halogens is 2. The van der Waals surface area contributed by atoms with E-state index in [0.717, 1.165) is 41.4 Å². The van der Waals surface area contributed by atoms with Crippen molar-refractivity contribution in [2.75, 3.05) is 36.4 Å². The second-order valence-electron chi connectivity index (χ2n) is 8.20. The van der Waals surface area contributed by atoms with Crippen molar-refractivity contribution >= 4 is 29.1 Å². The number of carbonyl (C=O) groups is 1. The third-order valence-corrected chi connectivity index (χ3v) is 6.05. The zero-order valence-electron chi connectivity index (χ0n) is 18.8. The van der Waals surface area contributed by atoms with E-state index in [0.29, 0.717) is 31.1 Å². The monoisotopic (exact) mass is 467 g/mol. The molecule has 0 bridgehead atoms. The maximum absolute atomic E-state index is 13.9. The summed E-state index contributed by atoms with van der Waals surface area (Å²) in [6.45, 7) is 6.42. The molecule has 0 unspecified atom stereocenters. The zero-order valence-corrected chi connectivity index (χ0v) is 19.6. The molecule has 33 heavy (non-hydrogen) atoms. The molecule has 2 heterocycles. The van der Waals surface area contributed by atoms with Crippen LogP contribution in [0, 0.1) is 19.7 Å². The minimum absolute atomic E-state index is 0.191. The summed E-state index contributed by atoms with van der Waals surface area (Å²) in [5.41, 5.74) is 3.35. The van der Waals surface area contributed by atoms with Crippen LogP contribution in [0.5, 0.6) is 0 Å². The molecule has 0 saturated carbocycles. The lowest BCUT2D eigenvalue weighted by Crippen LogP contribution is -2.38. The topological polar surface area (TPSA) is 61.4 Å². The van der Waals surface area contributed by atoms with Crippen molar-refractivity contribution in [3.05, 3.63) is 82.0 Å². The Morgan fingerprint density at radius 3 is 2.55 bits per heavy atom. The number of hydrogen-bond donors (Lipinski definition) is 1. The smallest absolute Gasteiger partial charge is 0.321 e. The number of urea groups is 1. The molecule has 0 spiro atoms. The Balaban J connectivity index is 1.51. The van der Waals surface area contributed by atoms with Crippen LogP contribution in [0.3, 0.4) is 0 Å². The first-order valence-corrected chi connectivity index (χ1v) is 11.4. The van der Waals surface area contributed by atoms with Gasteiger partial charge in [0.25, 0.3) is 0 Å². The molecule has 1 aliphatic heterocycles. The van der Waals surface area contributed by atoms with Gasteiger partial charge >= 0.3 is 6.03 Å². The van der Waals surface area contributed by atoms with Crippen molar-refractivity contribution in [2.45, 2.75) is 26.7 Å². The summed E-state index contributed by atoms with van der Waals surface area (Å²) >= 11 is 6.05. The van der Waals surface area contributed by atoms with Gasteiger partial charge in [-0.05, 0) is 50.1 Å². The Kier molecular flexibility index (Phi) is 7.08. The number of amides is 2. The number of aromatic nitrogens is 2. The SMILES string of the molecule is Cc1nc(C)c(Cc2ccc(Cl)cc2)c(N2CCCN(C(=O)Nc3ccccc3F)CC2)n1. The van der Waals surface area contributed by atoms with Crippen molar-refractivity contribution in [3.63, 3.8) is 0 Å². The largest absolute Gasteiger partial charge is 0.354 e. The summed E-state index contributed by atoms with van der Waals surface area (Å²) in [5, 5.41) is 3.39. The maximum atomic E-state index is 13.9. The van der Waals surface area contributed by atoms with Gasteiger partial charge in [-0.3, -0.25) is 0 Å². The second-order valence-corrected chi connectivity index (χ2v) is 8.64. The van der Waals surface area contributed by atoms with E-state index < -0.39 is 5.82 Å². The van der Waals surface area contributed by atoms with Crippen molar-refractivity contribution in [2.24, 2.45) is 0 Å². The van der Waals surface area contributed by atoms with Gasteiger partial charge in [0.15, 0.2) is 0 Å². The van der Waals surface area contributed by atoms with Crippen LogP contribution in [-0.4, -0.2) is 47.1 Å². The zero-order chi connectivity index (χ0) is 23.4. The Morgan fingerprint density at radius 2 is 1.79 bits per heavy atom.